The van der Waals surface area contributed by atoms with Crippen LogP contribution >= 0.6 is 0 Å². The van der Waals surface area contributed by atoms with Crippen LogP contribution in [-0.2, 0) is 10.3 Å². The Morgan fingerprint density at radius 2 is 2.11 bits per heavy atom. The first-order chi connectivity index (χ1) is 9.22. The fourth-order valence-electron chi connectivity index (χ4n) is 2.67. The minimum Gasteiger partial charge on any atom is -0.370 e. The molecule has 1 saturated carbocycles. The number of hydrogen-bond donors (Lipinski definition) is 1. The van der Waals surface area contributed by atoms with Crippen molar-refractivity contribution in [3.8, 4) is 0 Å². The molecule has 2 rings (SSSR count). The average molecular weight is 265 g/mol. The van der Waals surface area contributed by atoms with Crippen molar-refractivity contribution in [1.29, 1.82) is 0 Å². The van der Waals surface area contributed by atoms with Crippen LogP contribution in [0.5, 0.6) is 0 Å². The first-order valence-corrected chi connectivity index (χ1v) is 6.97. The first kappa shape index (κ1) is 14.2. The molecule has 1 fully saturated rings. The van der Waals surface area contributed by atoms with Gasteiger partial charge >= 0.3 is 0 Å². The molecule has 1 aromatic rings. The molecular formula is C14H23N3O2. The molecule has 106 valence electrons. The van der Waals surface area contributed by atoms with Crippen molar-refractivity contribution in [3.63, 3.8) is 0 Å². The minimum atomic E-state index is -0.397. The standard InChI is InChI=1S/C14H23N3O2/c1-3-8-11(15)12-16-13(17-19-12)14(18-2)9-6-4-5-7-10-14/h3,11H,1,4-10,15H2,2H3. The monoisotopic (exact) mass is 265 g/mol. The lowest BCUT2D eigenvalue weighted by molar-refractivity contribution is -0.0365. The van der Waals surface area contributed by atoms with Crippen molar-refractivity contribution in [2.45, 2.75) is 56.6 Å². The van der Waals surface area contributed by atoms with Gasteiger partial charge in [-0.25, -0.2) is 0 Å². The number of nitrogens with two attached hydrogens (primary N) is 1. The highest BCUT2D eigenvalue weighted by atomic mass is 16.5. The van der Waals surface area contributed by atoms with Crippen LogP contribution in [0.1, 0.15) is 62.7 Å². The summed E-state index contributed by atoms with van der Waals surface area (Å²) in [7, 11) is 1.73. The maximum absolute atomic E-state index is 5.96. The lowest BCUT2D eigenvalue weighted by atomic mass is 9.93. The van der Waals surface area contributed by atoms with E-state index in [1.165, 1.54) is 12.8 Å². The van der Waals surface area contributed by atoms with Crippen LogP contribution in [0.4, 0.5) is 0 Å². The SMILES string of the molecule is C=CCC(N)c1nc(C2(OC)CCCCCC2)no1. The van der Waals surface area contributed by atoms with Crippen LogP contribution in [0.2, 0.25) is 0 Å². The molecule has 1 unspecified atom stereocenters. The maximum Gasteiger partial charge on any atom is 0.243 e. The molecule has 2 N–H and O–H groups in total. The lowest BCUT2D eigenvalue weighted by Crippen LogP contribution is -2.29. The van der Waals surface area contributed by atoms with Gasteiger partial charge in [-0.05, 0) is 19.3 Å². The summed E-state index contributed by atoms with van der Waals surface area (Å²) >= 11 is 0. The van der Waals surface area contributed by atoms with Crippen LogP contribution in [0.25, 0.3) is 0 Å². The molecule has 19 heavy (non-hydrogen) atoms. The molecule has 1 heterocycles. The Morgan fingerprint density at radius 3 is 2.68 bits per heavy atom. The minimum absolute atomic E-state index is 0.279. The fourth-order valence-corrected chi connectivity index (χ4v) is 2.67. The molecule has 0 spiro atoms. The van der Waals surface area contributed by atoms with Gasteiger partial charge in [0.25, 0.3) is 0 Å². The summed E-state index contributed by atoms with van der Waals surface area (Å²) in [5.41, 5.74) is 5.56. The van der Waals surface area contributed by atoms with E-state index in [9.17, 15) is 0 Å². The zero-order chi connectivity index (χ0) is 13.7. The second-order valence-corrected chi connectivity index (χ2v) is 5.20. The predicted octanol–water partition coefficient (Wildman–Crippen LogP) is 2.84. The Morgan fingerprint density at radius 1 is 1.42 bits per heavy atom. The van der Waals surface area contributed by atoms with Crippen LogP contribution in [0.15, 0.2) is 17.2 Å². The van der Waals surface area contributed by atoms with E-state index in [0.29, 0.717) is 18.1 Å². The number of nitrogens with zero attached hydrogens (tertiary/aromatic N) is 2. The Bertz CT molecular complexity index is 409. The molecule has 1 aliphatic rings. The topological polar surface area (TPSA) is 74.2 Å². The van der Waals surface area contributed by atoms with Gasteiger partial charge in [0.05, 0.1) is 6.04 Å². The van der Waals surface area contributed by atoms with Gasteiger partial charge in [0.15, 0.2) is 0 Å². The molecular weight excluding hydrogens is 242 g/mol. The van der Waals surface area contributed by atoms with Gasteiger partial charge in [0, 0.05) is 7.11 Å². The largest absolute Gasteiger partial charge is 0.370 e. The van der Waals surface area contributed by atoms with E-state index in [4.69, 9.17) is 15.0 Å². The third kappa shape index (κ3) is 3.04. The predicted molar refractivity (Wildman–Crippen MR) is 72.4 cm³/mol. The van der Waals surface area contributed by atoms with Crippen molar-refractivity contribution in [3.05, 3.63) is 24.4 Å². The molecule has 0 amide bonds. The summed E-state index contributed by atoms with van der Waals surface area (Å²) in [5.74, 6) is 1.11. The molecule has 0 saturated heterocycles. The molecule has 5 heteroatoms. The van der Waals surface area contributed by atoms with Gasteiger partial charge in [-0.2, -0.15) is 4.98 Å². The summed E-state index contributed by atoms with van der Waals surface area (Å²) < 4.78 is 11.0. The van der Waals surface area contributed by atoms with Crippen LogP contribution < -0.4 is 5.73 Å². The van der Waals surface area contributed by atoms with Crippen molar-refractivity contribution < 1.29 is 9.26 Å². The Balaban J connectivity index is 2.20. The number of aromatic nitrogens is 2. The zero-order valence-corrected chi connectivity index (χ0v) is 11.6. The van der Waals surface area contributed by atoms with E-state index in [1.807, 2.05) is 0 Å². The van der Waals surface area contributed by atoms with Crippen LogP contribution in [-0.4, -0.2) is 17.3 Å². The highest BCUT2D eigenvalue weighted by Gasteiger charge is 2.37. The summed E-state index contributed by atoms with van der Waals surface area (Å²) in [4.78, 5) is 4.46. The van der Waals surface area contributed by atoms with E-state index in [0.717, 1.165) is 25.7 Å². The third-order valence-corrected chi connectivity index (χ3v) is 3.89. The fraction of sp³-hybridized carbons (Fsp3) is 0.714. The second-order valence-electron chi connectivity index (χ2n) is 5.20. The molecule has 0 aliphatic heterocycles. The Labute approximate surface area is 114 Å². The van der Waals surface area contributed by atoms with Gasteiger partial charge in [-0.3, -0.25) is 0 Å². The summed E-state index contributed by atoms with van der Waals surface area (Å²) in [6, 6.07) is -0.279. The Hall–Kier alpha value is -1.20. The molecule has 1 atom stereocenters. The Kier molecular flexibility index (Phi) is 4.71. The van der Waals surface area contributed by atoms with E-state index in [1.54, 1.807) is 13.2 Å². The average Bonchev–Trinajstić information content (AvgIpc) is 2.79. The van der Waals surface area contributed by atoms with Gasteiger partial charge in [-0.15, -0.1) is 6.58 Å². The lowest BCUT2D eigenvalue weighted by Gasteiger charge is -2.27. The molecule has 0 radical (unpaired) electrons. The molecule has 5 nitrogen and oxygen atoms in total. The van der Waals surface area contributed by atoms with E-state index >= 15 is 0 Å². The normalized spacial score (nSPS) is 20.7. The quantitative estimate of drug-likeness (QED) is 0.654. The summed E-state index contributed by atoms with van der Waals surface area (Å²) in [5, 5.41) is 4.10. The first-order valence-electron chi connectivity index (χ1n) is 6.97. The summed E-state index contributed by atoms with van der Waals surface area (Å²) in [6.07, 6.45) is 9.02. The third-order valence-electron chi connectivity index (χ3n) is 3.89. The highest BCUT2D eigenvalue weighted by molar-refractivity contribution is 5.04. The van der Waals surface area contributed by atoms with E-state index < -0.39 is 5.60 Å². The van der Waals surface area contributed by atoms with Gasteiger partial charge in [0.1, 0.15) is 5.60 Å². The maximum atomic E-state index is 5.96. The molecule has 1 aromatic heterocycles. The van der Waals surface area contributed by atoms with Gasteiger partial charge in [0.2, 0.25) is 11.7 Å². The van der Waals surface area contributed by atoms with Crippen molar-refractivity contribution >= 4 is 0 Å². The number of rotatable bonds is 5. The molecule has 0 aromatic carbocycles. The highest BCUT2D eigenvalue weighted by Crippen LogP contribution is 2.37. The van der Waals surface area contributed by atoms with Crippen molar-refractivity contribution in [2.24, 2.45) is 5.73 Å². The van der Waals surface area contributed by atoms with E-state index in [2.05, 4.69) is 16.7 Å². The zero-order valence-electron chi connectivity index (χ0n) is 11.6. The number of methoxy groups -OCH3 is 1. The second kappa shape index (κ2) is 6.30. The van der Waals surface area contributed by atoms with E-state index in [-0.39, 0.29) is 6.04 Å². The molecule has 0 bridgehead atoms. The van der Waals surface area contributed by atoms with Crippen molar-refractivity contribution in [2.75, 3.05) is 7.11 Å². The van der Waals surface area contributed by atoms with Gasteiger partial charge in [-0.1, -0.05) is 36.9 Å². The number of ether oxygens (including phenoxy) is 1. The van der Waals surface area contributed by atoms with Crippen LogP contribution in [0.3, 0.4) is 0 Å². The molecule has 1 aliphatic carbocycles. The van der Waals surface area contributed by atoms with Crippen molar-refractivity contribution in [1.82, 2.24) is 10.1 Å². The van der Waals surface area contributed by atoms with Gasteiger partial charge < -0.3 is 15.0 Å². The van der Waals surface area contributed by atoms with Crippen LogP contribution in [0, 0.1) is 0 Å². The smallest absolute Gasteiger partial charge is 0.243 e. The number of hydrogen-bond acceptors (Lipinski definition) is 5. The summed E-state index contributed by atoms with van der Waals surface area (Å²) in [6.45, 7) is 3.67.